The molecule has 0 unspecified atom stereocenters. The highest BCUT2D eigenvalue weighted by molar-refractivity contribution is 7.80. The molecule has 0 bridgehead atoms. The number of amides is 2. The average Bonchev–Trinajstić information content (AvgIpc) is 2.10. The highest BCUT2D eigenvalue weighted by Gasteiger charge is 2.22. The third-order valence-corrected chi connectivity index (χ3v) is 1.80. The monoisotopic (exact) mass is 234 g/mol. The van der Waals surface area contributed by atoms with E-state index in [-0.39, 0.29) is 11.7 Å². The first-order valence-electron chi connectivity index (χ1n) is 4.62. The summed E-state index contributed by atoms with van der Waals surface area (Å²) < 4.78 is 5.00. The Morgan fingerprint density at radius 2 is 1.93 bits per heavy atom. The molecule has 0 spiro atoms. The zero-order valence-electron chi connectivity index (χ0n) is 9.46. The lowest BCUT2D eigenvalue weighted by Crippen LogP contribution is -2.48. The van der Waals surface area contributed by atoms with Gasteiger partial charge in [-0.3, -0.25) is 4.79 Å². The Balaban J connectivity index is 4.20. The molecule has 2 N–H and O–H groups in total. The Kier molecular flexibility index (Phi) is 5.49. The minimum absolute atomic E-state index is 0.221. The van der Waals surface area contributed by atoms with E-state index in [9.17, 15) is 9.59 Å². The molecule has 5 nitrogen and oxygen atoms in total. The molecule has 0 heterocycles. The highest BCUT2D eigenvalue weighted by Crippen LogP contribution is 2.06. The molecule has 0 aliphatic carbocycles. The fraction of sp³-hybridized carbons (Fsp3) is 0.778. The van der Waals surface area contributed by atoms with Gasteiger partial charge >= 0.3 is 6.09 Å². The van der Waals surface area contributed by atoms with Gasteiger partial charge in [0.2, 0.25) is 5.91 Å². The van der Waals surface area contributed by atoms with E-state index in [1.54, 1.807) is 20.8 Å². The van der Waals surface area contributed by atoms with Crippen LogP contribution in [0.3, 0.4) is 0 Å². The Morgan fingerprint density at radius 1 is 1.40 bits per heavy atom. The molecule has 1 atom stereocenters. The second-order valence-electron chi connectivity index (χ2n) is 4.00. The summed E-state index contributed by atoms with van der Waals surface area (Å²) in [5.41, 5.74) is -0.575. The topological polar surface area (TPSA) is 67.4 Å². The van der Waals surface area contributed by atoms with Crippen LogP contribution in [0.1, 0.15) is 20.8 Å². The predicted molar refractivity (Wildman–Crippen MR) is 61.1 cm³/mol. The van der Waals surface area contributed by atoms with Crippen LogP contribution in [0.2, 0.25) is 0 Å². The lowest BCUT2D eigenvalue weighted by Gasteiger charge is -2.22. The first kappa shape index (κ1) is 14.1. The zero-order valence-corrected chi connectivity index (χ0v) is 10.4. The van der Waals surface area contributed by atoms with Gasteiger partial charge in [-0.1, -0.05) is 0 Å². The number of likely N-dealkylation sites (N-methyl/N-ethyl adjacent to an activating group) is 1. The molecule has 0 saturated carbocycles. The van der Waals surface area contributed by atoms with E-state index in [0.29, 0.717) is 0 Å². The van der Waals surface area contributed by atoms with Crippen molar-refractivity contribution >= 4 is 24.6 Å². The Labute approximate surface area is 95.4 Å². The van der Waals surface area contributed by atoms with Gasteiger partial charge in [-0.15, -0.1) is 0 Å². The maximum Gasteiger partial charge on any atom is 0.408 e. The van der Waals surface area contributed by atoms with E-state index in [2.05, 4.69) is 23.3 Å². The Morgan fingerprint density at radius 3 is 2.27 bits per heavy atom. The van der Waals surface area contributed by atoms with Gasteiger partial charge in [0.15, 0.2) is 0 Å². The molecule has 0 rings (SSSR count). The molecule has 0 aromatic carbocycles. The summed E-state index contributed by atoms with van der Waals surface area (Å²) in [5.74, 6) is -0.0744. The van der Waals surface area contributed by atoms with Crippen LogP contribution < -0.4 is 10.6 Å². The molecule has 0 aliphatic heterocycles. The summed E-state index contributed by atoms with van der Waals surface area (Å²) >= 11 is 3.96. The van der Waals surface area contributed by atoms with E-state index in [1.807, 2.05) is 0 Å². The van der Waals surface area contributed by atoms with Gasteiger partial charge in [0.1, 0.15) is 11.6 Å². The molecule has 0 aromatic rings. The lowest BCUT2D eigenvalue weighted by molar-refractivity contribution is -0.122. The van der Waals surface area contributed by atoms with Crippen LogP contribution in [-0.2, 0) is 9.53 Å². The second kappa shape index (κ2) is 5.85. The third-order valence-electron chi connectivity index (χ3n) is 1.44. The highest BCUT2D eigenvalue weighted by atomic mass is 32.1. The van der Waals surface area contributed by atoms with Crippen LogP contribution in [-0.4, -0.2) is 36.4 Å². The number of carbonyl (C=O) groups is 2. The fourth-order valence-corrected chi connectivity index (χ4v) is 1.08. The Hall–Kier alpha value is -0.910. The summed E-state index contributed by atoms with van der Waals surface area (Å²) in [4.78, 5) is 22.5. The van der Waals surface area contributed by atoms with Gasteiger partial charge < -0.3 is 15.4 Å². The number of carbonyl (C=O) groups excluding carboxylic acids is 2. The largest absolute Gasteiger partial charge is 0.444 e. The summed E-state index contributed by atoms with van der Waals surface area (Å²) in [7, 11) is 1.50. The van der Waals surface area contributed by atoms with Crippen molar-refractivity contribution in [2.24, 2.45) is 0 Å². The molecule has 0 fully saturated rings. The van der Waals surface area contributed by atoms with Crippen molar-refractivity contribution in [3.63, 3.8) is 0 Å². The van der Waals surface area contributed by atoms with Crippen LogP contribution in [0.25, 0.3) is 0 Å². The van der Waals surface area contributed by atoms with Crippen molar-refractivity contribution < 1.29 is 14.3 Å². The summed E-state index contributed by atoms with van der Waals surface area (Å²) in [5, 5.41) is 4.85. The molecule has 2 amide bonds. The molecular weight excluding hydrogens is 216 g/mol. The van der Waals surface area contributed by atoms with Gasteiger partial charge in [-0.05, 0) is 20.8 Å². The van der Waals surface area contributed by atoms with Crippen LogP contribution >= 0.6 is 12.6 Å². The van der Waals surface area contributed by atoms with Gasteiger partial charge in [0.05, 0.1) is 0 Å². The fourth-order valence-electron chi connectivity index (χ4n) is 0.818. The van der Waals surface area contributed by atoms with Crippen molar-refractivity contribution in [2.75, 3.05) is 12.8 Å². The number of hydrogen-bond donors (Lipinski definition) is 3. The van der Waals surface area contributed by atoms with Gasteiger partial charge in [-0.25, -0.2) is 4.79 Å². The number of ether oxygens (including phenoxy) is 1. The number of hydrogen-bond acceptors (Lipinski definition) is 4. The molecule has 88 valence electrons. The van der Waals surface area contributed by atoms with Gasteiger partial charge in [-0.2, -0.15) is 12.6 Å². The molecule has 0 saturated heterocycles. The number of rotatable bonds is 3. The summed E-state index contributed by atoms with van der Waals surface area (Å²) in [6.45, 7) is 5.26. The van der Waals surface area contributed by atoms with E-state index >= 15 is 0 Å². The van der Waals surface area contributed by atoms with Gasteiger partial charge in [0, 0.05) is 12.8 Å². The average molecular weight is 234 g/mol. The van der Waals surface area contributed by atoms with Crippen molar-refractivity contribution in [2.45, 2.75) is 32.4 Å². The maximum absolute atomic E-state index is 11.3. The van der Waals surface area contributed by atoms with Crippen molar-refractivity contribution in [3.8, 4) is 0 Å². The summed E-state index contributed by atoms with van der Waals surface area (Å²) in [6, 6.07) is -0.673. The van der Waals surface area contributed by atoms with Crippen LogP contribution in [0.5, 0.6) is 0 Å². The lowest BCUT2D eigenvalue weighted by atomic mass is 10.2. The SMILES string of the molecule is CNC(=O)[C@H](CS)NC(=O)OC(C)(C)C. The summed E-state index contributed by atoms with van der Waals surface area (Å²) in [6.07, 6.45) is -0.620. The van der Waals surface area contributed by atoms with Crippen LogP contribution in [0, 0.1) is 0 Å². The van der Waals surface area contributed by atoms with Gasteiger partial charge in [0.25, 0.3) is 0 Å². The third kappa shape index (κ3) is 6.22. The predicted octanol–water partition coefficient (Wildman–Crippen LogP) is 0.555. The normalized spacial score (nSPS) is 12.9. The smallest absolute Gasteiger partial charge is 0.408 e. The molecule has 0 radical (unpaired) electrons. The first-order chi connectivity index (χ1) is 6.80. The maximum atomic E-state index is 11.3. The second-order valence-corrected chi connectivity index (χ2v) is 4.36. The quantitative estimate of drug-likeness (QED) is 0.625. The number of thiol groups is 1. The van der Waals surface area contributed by atoms with E-state index in [0.717, 1.165) is 0 Å². The van der Waals surface area contributed by atoms with E-state index in [4.69, 9.17) is 4.74 Å². The standard InChI is InChI=1S/C9H18N2O3S/c1-9(2,3)14-8(13)11-6(5-15)7(12)10-4/h6,15H,5H2,1-4H3,(H,10,12)(H,11,13)/t6-/m0/s1. The first-order valence-corrected chi connectivity index (χ1v) is 5.25. The van der Waals surface area contributed by atoms with E-state index < -0.39 is 17.7 Å². The van der Waals surface area contributed by atoms with Crippen molar-refractivity contribution in [1.82, 2.24) is 10.6 Å². The molecule has 15 heavy (non-hydrogen) atoms. The molecular formula is C9H18N2O3S. The van der Waals surface area contributed by atoms with Crippen molar-refractivity contribution in [3.05, 3.63) is 0 Å². The zero-order chi connectivity index (χ0) is 12.1. The molecule has 0 aromatic heterocycles. The van der Waals surface area contributed by atoms with Crippen molar-refractivity contribution in [1.29, 1.82) is 0 Å². The molecule has 0 aliphatic rings. The minimum Gasteiger partial charge on any atom is -0.444 e. The number of nitrogens with one attached hydrogen (secondary N) is 2. The van der Waals surface area contributed by atoms with Crippen LogP contribution in [0.4, 0.5) is 4.79 Å². The minimum atomic E-state index is -0.673. The molecule has 6 heteroatoms. The van der Waals surface area contributed by atoms with Crippen LogP contribution in [0.15, 0.2) is 0 Å². The Bertz CT molecular complexity index is 238. The number of alkyl carbamates (subject to hydrolysis) is 1. The van der Waals surface area contributed by atoms with E-state index in [1.165, 1.54) is 7.05 Å².